The molecule has 0 aromatic carbocycles. The van der Waals surface area contributed by atoms with Gasteiger partial charge in [-0.25, -0.2) is 0 Å². The van der Waals surface area contributed by atoms with Crippen LogP contribution in [0.25, 0.3) is 0 Å². The maximum Gasteiger partial charge on any atom is 0.320 e. The molecule has 0 aromatic rings. The lowest BCUT2D eigenvalue weighted by Crippen LogP contribution is -2.42. The maximum absolute atomic E-state index is 10.5. The molecule has 0 aliphatic rings. The predicted molar refractivity (Wildman–Crippen MR) is 48.0 cm³/mol. The van der Waals surface area contributed by atoms with Crippen molar-refractivity contribution in [2.75, 3.05) is 6.54 Å². The van der Waals surface area contributed by atoms with E-state index >= 15 is 0 Å². The van der Waals surface area contributed by atoms with E-state index < -0.39 is 12.0 Å². The quantitative estimate of drug-likeness (QED) is 0.537. The van der Waals surface area contributed by atoms with Crippen molar-refractivity contribution in [3.63, 3.8) is 0 Å². The van der Waals surface area contributed by atoms with Crippen LogP contribution in [-0.2, 0) is 4.79 Å². The van der Waals surface area contributed by atoms with Crippen molar-refractivity contribution in [2.45, 2.75) is 38.8 Å². The first-order valence-corrected chi connectivity index (χ1v) is 4.33. The summed E-state index contributed by atoms with van der Waals surface area (Å²) in [5.74, 6) is -0.805. The highest BCUT2D eigenvalue weighted by Gasteiger charge is 2.14. The van der Waals surface area contributed by atoms with Crippen molar-refractivity contribution in [3.05, 3.63) is 0 Å². The van der Waals surface area contributed by atoms with Gasteiger partial charge >= 0.3 is 5.97 Å². The van der Waals surface area contributed by atoms with Gasteiger partial charge in [-0.2, -0.15) is 0 Å². The van der Waals surface area contributed by atoms with Gasteiger partial charge in [0.15, 0.2) is 0 Å². The minimum absolute atomic E-state index is 0.0541. The maximum atomic E-state index is 10.5. The van der Waals surface area contributed by atoms with Gasteiger partial charge < -0.3 is 16.2 Å². The first kappa shape index (κ1) is 11.4. The third-order valence-corrected chi connectivity index (χ3v) is 1.86. The van der Waals surface area contributed by atoms with Crippen molar-refractivity contribution in [3.8, 4) is 0 Å². The van der Waals surface area contributed by atoms with Crippen LogP contribution >= 0.6 is 0 Å². The minimum atomic E-state index is -0.805. The predicted octanol–water partition coefficient (Wildman–Crippen LogP) is 0.177. The van der Waals surface area contributed by atoms with Crippen molar-refractivity contribution in [1.29, 1.82) is 0 Å². The Morgan fingerprint density at radius 3 is 2.42 bits per heavy atom. The van der Waals surface area contributed by atoms with Gasteiger partial charge in [-0.1, -0.05) is 13.8 Å². The molecule has 0 saturated carbocycles. The van der Waals surface area contributed by atoms with Crippen LogP contribution in [0, 0.1) is 0 Å². The standard InChI is InChI=1S/C8H18N2O2/c1-3-6(9)5-10-7(4-2)8(11)12/h6-7,10H,3-5,9H2,1-2H3,(H,11,12)/t6-,7-/m0/s1. The van der Waals surface area contributed by atoms with Crippen LogP contribution < -0.4 is 11.1 Å². The van der Waals surface area contributed by atoms with Gasteiger partial charge in [-0.05, 0) is 12.8 Å². The summed E-state index contributed by atoms with van der Waals surface area (Å²) in [7, 11) is 0. The number of rotatable bonds is 6. The Bertz CT molecular complexity index is 139. The SMILES string of the molecule is CC[C@H](N)CN[C@@H](CC)C(=O)O. The Morgan fingerprint density at radius 1 is 1.50 bits per heavy atom. The Hall–Kier alpha value is -0.610. The van der Waals surface area contributed by atoms with E-state index in [4.69, 9.17) is 10.8 Å². The fraction of sp³-hybridized carbons (Fsp3) is 0.875. The summed E-state index contributed by atoms with van der Waals surface area (Å²) in [6.45, 7) is 4.39. The molecule has 0 aliphatic heterocycles. The molecule has 0 unspecified atom stereocenters. The highest BCUT2D eigenvalue weighted by Crippen LogP contribution is 1.91. The van der Waals surface area contributed by atoms with E-state index in [-0.39, 0.29) is 6.04 Å². The summed E-state index contributed by atoms with van der Waals surface area (Å²) >= 11 is 0. The fourth-order valence-corrected chi connectivity index (χ4v) is 0.844. The van der Waals surface area contributed by atoms with Crippen LogP contribution in [0.1, 0.15) is 26.7 Å². The lowest BCUT2D eigenvalue weighted by atomic mass is 10.2. The molecule has 0 bridgehead atoms. The molecule has 2 atom stereocenters. The molecule has 4 nitrogen and oxygen atoms in total. The van der Waals surface area contributed by atoms with Crippen LogP contribution in [0.2, 0.25) is 0 Å². The molecule has 0 radical (unpaired) electrons. The van der Waals surface area contributed by atoms with Gasteiger partial charge in [0.2, 0.25) is 0 Å². The van der Waals surface area contributed by atoms with Crippen LogP contribution in [0.4, 0.5) is 0 Å². The van der Waals surface area contributed by atoms with Crippen molar-refractivity contribution >= 4 is 5.97 Å². The van der Waals surface area contributed by atoms with Crippen molar-refractivity contribution in [1.82, 2.24) is 5.32 Å². The van der Waals surface area contributed by atoms with Crippen molar-refractivity contribution in [2.24, 2.45) is 5.73 Å². The lowest BCUT2D eigenvalue weighted by molar-refractivity contribution is -0.139. The molecule has 4 heteroatoms. The topological polar surface area (TPSA) is 75.3 Å². The number of nitrogens with one attached hydrogen (secondary N) is 1. The highest BCUT2D eigenvalue weighted by atomic mass is 16.4. The Kier molecular flexibility index (Phi) is 5.66. The Labute approximate surface area is 73.1 Å². The second-order valence-electron chi connectivity index (χ2n) is 2.88. The summed E-state index contributed by atoms with van der Waals surface area (Å²) in [5.41, 5.74) is 5.62. The summed E-state index contributed by atoms with van der Waals surface area (Å²) in [6.07, 6.45) is 1.45. The zero-order valence-corrected chi connectivity index (χ0v) is 7.71. The van der Waals surface area contributed by atoms with E-state index in [0.717, 1.165) is 6.42 Å². The lowest BCUT2D eigenvalue weighted by Gasteiger charge is -2.15. The Morgan fingerprint density at radius 2 is 2.08 bits per heavy atom. The number of hydrogen-bond donors (Lipinski definition) is 3. The molecule has 0 heterocycles. The number of hydrogen-bond acceptors (Lipinski definition) is 3. The van der Waals surface area contributed by atoms with E-state index in [1.165, 1.54) is 0 Å². The smallest absolute Gasteiger partial charge is 0.320 e. The van der Waals surface area contributed by atoms with E-state index in [2.05, 4.69) is 5.32 Å². The van der Waals surface area contributed by atoms with Gasteiger partial charge in [-0.15, -0.1) is 0 Å². The average molecular weight is 174 g/mol. The van der Waals surface area contributed by atoms with Gasteiger partial charge in [-0.3, -0.25) is 4.79 Å². The second kappa shape index (κ2) is 5.97. The summed E-state index contributed by atoms with van der Waals surface area (Å²) in [4.78, 5) is 10.5. The van der Waals surface area contributed by atoms with Gasteiger partial charge in [0, 0.05) is 12.6 Å². The molecular formula is C8H18N2O2. The number of carboxylic acid groups (broad SMARTS) is 1. The van der Waals surface area contributed by atoms with Gasteiger partial charge in [0.1, 0.15) is 6.04 Å². The van der Waals surface area contributed by atoms with E-state index in [1.54, 1.807) is 0 Å². The van der Waals surface area contributed by atoms with Gasteiger partial charge in [0.25, 0.3) is 0 Å². The highest BCUT2D eigenvalue weighted by molar-refractivity contribution is 5.73. The molecule has 0 aliphatic carbocycles. The summed E-state index contributed by atoms with van der Waals surface area (Å²) in [6, 6.07) is -0.402. The summed E-state index contributed by atoms with van der Waals surface area (Å²) in [5, 5.41) is 11.6. The van der Waals surface area contributed by atoms with Crippen LogP contribution in [0.5, 0.6) is 0 Å². The van der Waals surface area contributed by atoms with Gasteiger partial charge in [0.05, 0.1) is 0 Å². The third-order valence-electron chi connectivity index (χ3n) is 1.86. The molecule has 0 amide bonds. The minimum Gasteiger partial charge on any atom is -0.480 e. The third kappa shape index (κ3) is 4.31. The van der Waals surface area contributed by atoms with Crippen LogP contribution in [0.15, 0.2) is 0 Å². The number of aliphatic carboxylic acids is 1. The first-order valence-electron chi connectivity index (χ1n) is 4.33. The zero-order valence-electron chi connectivity index (χ0n) is 7.71. The number of carboxylic acids is 1. The van der Waals surface area contributed by atoms with Crippen LogP contribution in [0.3, 0.4) is 0 Å². The van der Waals surface area contributed by atoms with E-state index in [1.807, 2.05) is 13.8 Å². The molecule has 72 valence electrons. The number of nitrogens with two attached hydrogens (primary N) is 1. The molecule has 0 aromatic heterocycles. The molecule has 0 fully saturated rings. The Balaban J connectivity index is 3.65. The fourth-order valence-electron chi connectivity index (χ4n) is 0.844. The zero-order chi connectivity index (χ0) is 9.56. The second-order valence-corrected chi connectivity index (χ2v) is 2.88. The monoisotopic (exact) mass is 174 g/mol. The molecular weight excluding hydrogens is 156 g/mol. The first-order chi connectivity index (χ1) is 5.61. The van der Waals surface area contributed by atoms with Crippen LogP contribution in [-0.4, -0.2) is 29.7 Å². The average Bonchev–Trinajstić information content (AvgIpc) is 2.04. The molecule has 4 N–H and O–H groups in total. The largest absolute Gasteiger partial charge is 0.480 e. The molecule has 0 saturated heterocycles. The molecule has 12 heavy (non-hydrogen) atoms. The molecule has 0 rings (SSSR count). The molecule has 0 spiro atoms. The van der Waals surface area contributed by atoms with E-state index in [0.29, 0.717) is 13.0 Å². The van der Waals surface area contributed by atoms with Crippen molar-refractivity contribution < 1.29 is 9.90 Å². The van der Waals surface area contributed by atoms with E-state index in [9.17, 15) is 4.79 Å². The number of carbonyl (C=O) groups is 1. The normalized spacial score (nSPS) is 15.6. The summed E-state index contributed by atoms with van der Waals surface area (Å²) < 4.78 is 0.